The lowest BCUT2D eigenvalue weighted by molar-refractivity contribution is 0.0873. The van der Waals surface area contributed by atoms with E-state index in [-0.39, 0.29) is 12.0 Å². The highest BCUT2D eigenvalue weighted by Crippen LogP contribution is 2.52. The first kappa shape index (κ1) is 18.4. The number of anilines is 4. The van der Waals surface area contributed by atoms with Gasteiger partial charge in [0.25, 0.3) is 0 Å². The molecule has 30 heavy (non-hydrogen) atoms. The number of aliphatic hydroxyl groups excluding tert-OH is 1. The maximum absolute atomic E-state index is 9.81. The van der Waals surface area contributed by atoms with Crippen molar-refractivity contribution in [1.29, 1.82) is 0 Å². The third-order valence-electron chi connectivity index (χ3n) is 7.28. The number of fused-ring (bicyclic) bond motifs is 1. The lowest BCUT2D eigenvalue weighted by atomic mass is 9.71. The molecule has 2 saturated carbocycles. The molecule has 0 atom stereocenters. The summed E-state index contributed by atoms with van der Waals surface area (Å²) in [5.74, 6) is 3.97. The molecule has 3 N–H and O–H groups in total. The van der Waals surface area contributed by atoms with Crippen molar-refractivity contribution in [2.45, 2.75) is 37.6 Å². The lowest BCUT2D eigenvalue weighted by Crippen LogP contribution is -2.45. The van der Waals surface area contributed by atoms with Gasteiger partial charge in [-0.3, -0.25) is 5.10 Å². The summed E-state index contributed by atoms with van der Waals surface area (Å²) in [5.41, 5.74) is 1.25. The molecular weight excluding hydrogens is 380 g/mol. The molecule has 2 aliphatic carbocycles. The topological polar surface area (TPSA) is 96.4 Å². The van der Waals surface area contributed by atoms with Crippen molar-refractivity contribution in [1.82, 2.24) is 25.1 Å². The summed E-state index contributed by atoms with van der Waals surface area (Å²) in [6, 6.07) is 4.59. The Bertz CT molecular complexity index is 927. The fraction of sp³-hybridized carbons (Fsp3) is 0.667. The molecule has 160 valence electrons. The molecular formula is C21H30N8O. The zero-order valence-electron chi connectivity index (χ0n) is 17.5. The number of rotatable bonds is 6. The smallest absolute Gasteiger partial charge is 0.229 e. The summed E-state index contributed by atoms with van der Waals surface area (Å²) in [6.45, 7) is 5.09. The van der Waals surface area contributed by atoms with Gasteiger partial charge in [-0.25, -0.2) is 0 Å². The van der Waals surface area contributed by atoms with E-state index in [1.54, 1.807) is 0 Å². The summed E-state index contributed by atoms with van der Waals surface area (Å²) in [7, 11) is 2.16. The number of nitrogens with one attached hydrogen (secondary N) is 2. The Kier molecular flexibility index (Phi) is 4.18. The minimum absolute atomic E-state index is 0.0484. The van der Waals surface area contributed by atoms with Gasteiger partial charge < -0.3 is 25.1 Å². The van der Waals surface area contributed by atoms with Gasteiger partial charge in [0.15, 0.2) is 5.82 Å². The predicted octanol–water partition coefficient (Wildman–Crippen LogP) is 1.53. The van der Waals surface area contributed by atoms with E-state index in [4.69, 9.17) is 9.97 Å². The number of nitrogens with zero attached hydrogens (tertiary/aromatic N) is 6. The largest absolute Gasteiger partial charge is 0.396 e. The molecule has 0 amide bonds. The van der Waals surface area contributed by atoms with E-state index in [1.807, 2.05) is 6.07 Å². The Morgan fingerprint density at radius 2 is 1.93 bits per heavy atom. The minimum atomic E-state index is 0.0484. The molecule has 5 fully saturated rings. The van der Waals surface area contributed by atoms with Gasteiger partial charge in [-0.2, -0.15) is 15.1 Å². The monoisotopic (exact) mass is 410 g/mol. The average Bonchev–Trinajstić information content (AvgIpc) is 3.20. The number of aromatic nitrogens is 4. The Morgan fingerprint density at radius 1 is 1.13 bits per heavy atom. The van der Waals surface area contributed by atoms with Gasteiger partial charge in [0.2, 0.25) is 5.95 Å². The van der Waals surface area contributed by atoms with E-state index in [0.717, 1.165) is 69.0 Å². The van der Waals surface area contributed by atoms with E-state index in [1.165, 1.54) is 18.5 Å². The number of piperazine rings is 1. The third kappa shape index (κ3) is 3.20. The summed E-state index contributed by atoms with van der Waals surface area (Å²) in [5, 5.41) is 20.8. The van der Waals surface area contributed by atoms with Crippen molar-refractivity contribution in [3.05, 3.63) is 17.8 Å². The molecule has 2 aromatic heterocycles. The molecule has 3 aliphatic heterocycles. The van der Waals surface area contributed by atoms with E-state index in [9.17, 15) is 5.11 Å². The van der Waals surface area contributed by atoms with E-state index >= 15 is 0 Å². The van der Waals surface area contributed by atoms with Gasteiger partial charge in [-0.15, -0.1) is 0 Å². The molecule has 0 unspecified atom stereocenters. The Morgan fingerprint density at radius 3 is 2.63 bits per heavy atom. The first-order valence-corrected chi connectivity index (χ1v) is 11.1. The first-order valence-electron chi connectivity index (χ1n) is 11.1. The van der Waals surface area contributed by atoms with Crippen molar-refractivity contribution >= 4 is 23.4 Å². The number of aliphatic hydroxyl groups is 1. The van der Waals surface area contributed by atoms with Crippen LogP contribution in [0.25, 0.3) is 0 Å². The maximum Gasteiger partial charge on any atom is 0.229 e. The quantitative estimate of drug-likeness (QED) is 0.660. The fourth-order valence-corrected chi connectivity index (χ4v) is 5.14. The van der Waals surface area contributed by atoms with Crippen LogP contribution in [0.3, 0.4) is 0 Å². The maximum atomic E-state index is 9.81. The highest BCUT2D eigenvalue weighted by molar-refractivity contribution is 5.61. The van der Waals surface area contributed by atoms with Crippen LogP contribution in [0.1, 0.15) is 37.3 Å². The van der Waals surface area contributed by atoms with Gasteiger partial charge in [-0.05, 0) is 32.7 Å². The molecule has 0 aromatic carbocycles. The molecule has 0 spiro atoms. The van der Waals surface area contributed by atoms with Gasteiger partial charge in [-0.1, -0.05) is 0 Å². The first-order chi connectivity index (χ1) is 14.6. The zero-order valence-corrected chi connectivity index (χ0v) is 17.5. The number of aromatic amines is 1. The number of likely N-dealkylation sites (N-methyl/N-ethyl adjacent to an activating group) is 1. The predicted molar refractivity (Wildman–Crippen MR) is 115 cm³/mol. The number of hydrogen-bond acceptors (Lipinski definition) is 8. The Balaban J connectivity index is 1.29. The van der Waals surface area contributed by atoms with Crippen LogP contribution in [0, 0.1) is 5.41 Å². The van der Waals surface area contributed by atoms with Crippen molar-refractivity contribution < 1.29 is 5.11 Å². The van der Waals surface area contributed by atoms with Crippen LogP contribution >= 0.6 is 0 Å². The van der Waals surface area contributed by atoms with E-state index < -0.39 is 0 Å². The second-order valence-corrected chi connectivity index (χ2v) is 9.66. The molecule has 2 aromatic rings. The summed E-state index contributed by atoms with van der Waals surface area (Å²) in [4.78, 5) is 16.8. The van der Waals surface area contributed by atoms with Crippen molar-refractivity contribution in [3.63, 3.8) is 0 Å². The third-order valence-corrected chi connectivity index (χ3v) is 7.28. The number of H-pyrrole nitrogens is 1. The zero-order chi connectivity index (χ0) is 20.3. The highest BCUT2D eigenvalue weighted by Gasteiger charge is 2.55. The SMILES string of the molecule is CN1CCN(c2cc(Nc3cc(C4CC4)[nH]n3)nc(N3CC4(CO)CC3C4)n2)CC1. The summed E-state index contributed by atoms with van der Waals surface area (Å²) < 4.78 is 0. The highest BCUT2D eigenvalue weighted by atomic mass is 16.3. The van der Waals surface area contributed by atoms with Crippen LogP contribution in [0.15, 0.2) is 12.1 Å². The number of hydrogen-bond donors (Lipinski definition) is 3. The van der Waals surface area contributed by atoms with E-state index in [2.05, 4.69) is 43.3 Å². The second-order valence-electron chi connectivity index (χ2n) is 9.66. The second kappa shape index (κ2) is 6.81. The van der Waals surface area contributed by atoms with Crippen molar-refractivity contribution in [2.75, 3.05) is 61.5 Å². The molecule has 9 heteroatoms. The minimum Gasteiger partial charge on any atom is -0.396 e. The molecule has 5 heterocycles. The van der Waals surface area contributed by atoms with Crippen LogP contribution in [-0.4, -0.2) is 82.6 Å². The molecule has 2 bridgehead atoms. The van der Waals surface area contributed by atoms with Gasteiger partial charge in [0, 0.05) is 67.9 Å². The van der Waals surface area contributed by atoms with Crippen molar-refractivity contribution in [3.8, 4) is 0 Å². The van der Waals surface area contributed by atoms with Crippen LogP contribution in [0.5, 0.6) is 0 Å². The van der Waals surface area contributed by atoms with Crippen LogP contribution in [0.2, 0.25) is 0 Å². The van der Waals surface area contributed by atoms with Crippen molar-refractivity contribution in [2.24, 2.45) is 5.41 Å². The van der Waals surface area contributed by atoms with Crippen LogP contribution in [0.4, 0.5) is 23.4 Å². The molecule has 3 saturated heterocycles. The molecule has 0 radical (unpaired) electrons. The summed E-state index contributed by atoms with van der Waals surface area (Å²) >= 11 is 0. The van der Waals surface area contributed by atoms with Gasteiger partial charge in [0.1, 0.15) is 11.6 Å². The lowest BCUT2D eigenvalue weighted by Gasteiger charge is -2.35. The normalized spacial score (nSPS) is 28.7. The Hall–Kier alpha value is -2.39. The van der Waals surface area contributed by atoms with E-state index in [0.29, 0.717) is 12.0 Å². The molecule has 7 rings (SSSR count). The van der Waals surface area contributed by atoms with Gasteiger partial charge in [0.05, 0.1) is 6.61 Å². The van der Waals surface area contributed by atoms with Gasteiger partial charge >= 0.3 is 0 Å². The molecule has 9 nitrogen and oxygen atoms in total. The summed E-state index contributed by atoms with van der Waals surface area (Å²) in [6.07, 6.45) is 4.57. The standard InChI is InChI=1S/C21H30N8O/c1-27-4-6-28(7-5-27)19-9-17(22-18-8-16(25-26-18)14-2-3-14)23-20(24-19)29-12-21(13-30)10-15(29)11-21/h8-9,14-15,30H,2-7,10-13H2,1H3,(H2,22,23,24,25,26). The fourth-order valence-electron chi connectivity index (χ4n) is 5.14. The van der Waals surface area contributed by atoms with Crippen LogP contribution in [-0.2, 0) is 0 Å². The Labute approximate surface area is 176 Å². The average molecular weight is 411 g/mol. The van der Waals surface area contributed by atoms with Crippen LogP contribution < -0.4 is 15.1 Å². The molecule has 5 aliphatic rings.